The number of aliphatic hydroxyl groups is 1. The van der Waals surface area contributed by atoms with E-state index in [1.54, 1.807) is 6.07 Å². The molecule has 0 aromatic heterocycles. The highest BCUT2D eigenvalue weighted by molar-refractivity contribution is 7.99. The van der Waals surface area contributed by atoms with Crippen LogP contribution in [0, 0.1) is 10.1 Å². The summed E-state index contributed by atoms with van der Waals surface area (Å²) >= 11 is 1.50. The van der Waals surface area contributed by atoms with Gasteiger partial charge in [0.1, 0.15) is 5.56 Å². The van der Waals surface area contributed by atoms with E-state index >= 15 is 0 Å². The van der Waals surface area contributed by atoms with Crippen molar-refractivity contribution >= 4 is 23.4 Å². The van der Waals surface area contributed by atoms with E-state index in [0.29, 0.717) is 18.1 Å². The first-order valence-electron chi connectivity index (χ1n) is 5.37. The molecule has 0 fully saturated rings. The third kappa shape index (κ3) is 4.34. The van der Waals surface area contributed by atoms with E-state index in [2.05, 4.69) is 5.32 Å². The summed E-state index contributed by atoms with van der Waals surface area (Å²) in [5.74, 6) is 0.820. The molecular formula is C11H14N2O4S. The molecule has 0 radical (unpaired) electrons. The normalized spacial score (nSPS) is 10.1. The summed E-state index contributed by atoms with van der Waals surface area (Å²) < 4.78 is 0. The Morgan fingerprint density at radius 3 is 2.78 bits per heavy atom. The molecule has 0 atom stereocenters. The molecule has 0 unspecified atom stereocenters. The number of carbonyl (C=O) groups excluding carboxylic acids is 1. The van der Waals surface area contributed by atoms with Gasteiger partial charge in [0.15, 0.2) is 0 Å². The lowest BCUT2D eigenvalue weighted by Gasteiger charge is -2.05. The lowest BCUT2D eigenvalue weighted by atomic mass is 10.1. The minimum atomic E-state index is -0.574. The Morgan fingerprint density at radius 2 is 2.11 bits per heavy atom. The van der Waals surface area contributed by atoms with Gasteiger partial charge in [-0.25, -0.2) is 0 Å². The standard InChI is InChI=1S/C11H14N2O4S/c14-6-8-18-7-5-12-11(15)9-3-1-2-4-10(9)13(16)17/h1-4,14H,5-8H2,(H,12,15). The quantitative estimate of drug-likeness (QED) is 0.439. The Hall–Kier alpha value is -1.60. The van der Waals surface area contributed by atoms with E-state index < -0.39 is 10.8 Å². The molecule has 0 aliphatic rings. The molecule has 18 heavy (non-hydrogen) atoms. The number of hydrogen-bond acceptors (Lipinski definition) is 5. The highest BCUT2D eigenvalue weighted by Crippen LogP contribution is 2.17. The number of amides is 1. The van der Waals surface area contributed by atoms with Crippen molar-refractivity contribution in [1.29, 1.82) is 0 Å². The predicted molar refractivity (Wildman–Crippen MR) is 69.8 cm³/mol. The third-order valence-electron chi connectivity index (χ3n) is 2.11. The van der Waals surface area contributed by atoms with Gasteiger partial charge in [-0.2, -0.15) is 11.8 Å². The van der Waals surface area contributed by atoms with Crippen LogP contribution in [0.25, 0.3) is 0 Å². The van der Waals surface area contributed by atoms with Crippen LogP contribution >= 0.6 is 11.8 Å². The molecule has 7 heteroatoms. The zero-order valence-corrected chi connectivity index (χ0v) is 10.5. The van der Waals surface area contributed by atoms with Crippen molar-refractivity contribution in [2.75, 3.05) is 24.7 Å². The smallest absolute Gasteiger partial charge is 0.282 e. The minimum absolute atomic E-state index is 0.0645. The minimum Gasteiger partial charge on any atom is -0.396 e. The molecule has 6 nitrogen and oxygen atoms in total. The molecule has 0 aliphatic heterocycles. The maximum atomic E-state index is 11.7. The first-order chi connectivity index (χ1) is 8.66. The van der Waals surface area contributed by atoms with Crippen molar-refractivity contribution in [1.82, 2.24) is 5.32 Å². The fourth-order valence-electron chi connectivity index (χ4n) is 1.32. The fourth-order valence-corrected chi connectivity index (χ4v) is 1.90. The molecule has 1 aromatic rings. The number of aliphatic hydroxyl groups excluding tert-OH is 1. The van der Waals surface area contributed by atoms with Gasteiger partial charge >= 0.3 is 0 Å². The molecule has 0 heterocycles. The van der Waals surface area contributed by atoms with Crippen LogP contribution in [0.4, 0.5) is 5.69 Å². The van der Waals surface area contributed by atoms with Gasteiger partial charge < -0.3 is 10.4 Å². The Kier molecular flexibility index (Phi) is 6.16. The molecule has 0 saturated heterocycles. The number of nitrogens with zero attached hydrogens (tertiary/aromatic N) is 1. The maximum absolute atomic E-state index is 11.7. The number of para-hydroxylation sites is 1. The molecule has 98 valence electrons. The van der Waals surface area contributed by atoms with E-state index in [9.17, 15) is 14.9 Å². The number of nitro benzene ring substituents is 1. The van der Waals surface area contributed by atoms with Crippen molar-refractivity contribution in [2.24, 2.45) is 0 Å². The SMILES string of the molecule is O=C(NCCSCCO)c1ccccc1[N+](=O)[O-]. The highest BCUT2D eigenvalue weighted by Gasteiger charge is 2.18. The van der Waals surface area contributed by atoms with E-state index in [-0.39, 0.29) is 17.9 Å². The molecule has 2 N–H and O–H groups in total. The van der Waals surface area contributed by atoms with Crippen LogP contribution in [0.3, 0.4) is 0 Å². The summed E-state index contributed by atoms with van der Waals surface area (Å²) in [5.41, 5.74) is -0.132. The van der Waals surface area contributed by atoms with Crippen LogP contribution in [-0.4, -0.2) is 40.6 Å². The van der Waals surface area contributed by atoms with Crippen LogP contribution in [0.2, 0.25) is 0 Å². The monoisotopic (exact) mass is 270 g/mol. The number of nitrogens with one attached hydrogen (secondary N) is 1. The van der Waals surface area contributed by atoms with Crippen molar-refractivity contribution < 1.29 is 14.8 Å². The Morgan fingerprint density at radius 1 is 1.39 bits per heavy atom. The van der Waals surface area contributed by atoms with Crippen molar-refractivity contribution in [3.05, 3.63) is 39.9 Å². The first-order valence-corrected chi connectivity index (χ1v) is 6.52. The second kappa shape index (κ2) is 7.67. The molecule has 1 amide bonds. The number of nitro groups is 1. The van der Waals surface area contributed by atoms with E-state index in [0.717, 1.165) is 0 Å². The highest BCUT2D eigenvalue weighted by atomic mass is 32.2. The topological polar surface area (TPSA) is 92.5 Å². The van der Waals surface area contributed by atoms with Gasteiger partial charge in [-0.1, -0.05) is 12.1 Å². The largest absolute Gasteiger partial charge is 0.396 e. The third-order valence-corrected chi connectivity index (χ3v) is 3.08. The average Bonchev–Trinajstić information content (AvgIpc) is 2.38. The van der Waals surface area contributed by atoms with Gasteiger partial charge in [0.25, 0.3) is 11.6 Å². The van der Waals surface area contributed by atoms with Gasteiger partial charge in [-0.05, 0) is 6.07 Å². The summed E-state index contributed by atoms with van der Waals surface area (Å²) in [6.07, 6.45) is 0. The Labute approximate surface area is 109 Å². The lowest BCUT2D eigenvalue weighted by molar-refractivity contribution is -0.385. The summed E-state index contributed by atoms with van der Waals surface area (Å²) in [5, 5.41) is 21.9. The molecule has 1 aromatic carbocycles. The second-order valence-corrected chi connectivity index (χ2v) is 4.59. The number of hydrogen-bond donors (Lipinski definition) is 2. The van der Waals surface area contributed by atoms with E-state index in [1.807, 2.05) is 0 Å². The van der Waals surface area contributed by atoms with Crippen molar-refractivity contribution in [3.8, 4) is 0 Å². The second-order valence-electron chi connectivity index (χ2n) is 3.37. The summed E-state index contributed by atoms with van der Waals surface area (Å²) in [7, 11) is 0. The zero-order valence-electron chi connectivity index (χ0n) is 9.67. The first kappa shape index (κ1) is 14.5. The molecule has 0 bridgehead atoms. The number of carbonyl (C=O) groups is 1. The molecule has 0 aliphatic carbocycles. The zero-order chi connectivity index (χ0) is 13.4. The Bertz CT molecular complexity index is 425. The van der Waals surface area contributed by atoms with Crippen LogP contribution in [0.5, 0.6) is 0 Å². The molecular weight excluding hydrogens is 256 g/mol. The van der Waals surface area contributed by atoms with Crippen LogP contribution < -0.4 is 5.32 Å². The van der Waals surface area contributed by atoms with E-state index in [1.165, 1.54) is 30.0 Å². The fraction of sp³-hybridized carbons (Fsp3) is 0.364. The molecule has 0 spiro atoms. The van der Waals surface area contributed by atoms with Gasteiger partial charge in [-0.3, -0.25) is 14.9 Å². The number of thioether (sulfide) groups is 1. The van der Waals surface area contributed by atoms with E-state index in [4.69, 9.17) is 5.11 Å². The molecule has 1 rings (SSSR count). The van der Waals surface area contributed by atoms with Gasteiger partial charge in [0, 0.05) is 24.1 Å². The number of benzene rings is 1. The number of rotatable bonds is 7. The maximum Gasteiger partial charge on any atom is 0.282 e. The molecule has 0 saturated carbocycles. The van der Waals surface area contributed by atoms with Gasteiger partial charge in [0.2, 0.25) is 0 Å². The van der Waals surface area contributed by atoms with Gasteiger partial charge in [-0.15, -0.1) is 0 Å². The predicted octanol–water partition coefficient (Wildman–Crippen LogP) is 1.05. The lowest BCUT2D eigenvalue weighted by Crippen LogP contribution is -2.26. The average molecular weight is 270 g/mol. The summed E-state index contributed by atoms with van der Waals surface area (Å²) in [4.78, 5) is 21.9. The van der Waals surface area contributed by atoms with Crippen LogP contribution in [-0.2, 0) is 0 Å². The van der Waals surface area contributed by atoms with Crippen LogP contribution in [0.15, 0.2) is 24.3 Å². The summed E-state index contributed by atoms with van der Waals surface area (Å²) in [6, 6.07) is 5.83. The van der Waals surface area contributed by atoms with Crippen LogP contribution in [0.1, 0.15) is 10.4 Å². The summed E-state index contributed by atoms with van der Waals surface area (Å²) in [6.45, 7) is 0.512. The van der Waals surface area contributed by atoms with Gasteiger partial charge in [0.05, 0.1) is 11.5 Å². The Balaban J connectivity index is 2.54. The van der Waals surface area contributed by atoms with Crippen molar-refractivity contribution in [3.63, 3.8) is 0 Å². The van der Waals surface area contributed by atoms with Crippen molar-refractivity contribution in [2.45, 2.75) is 0 Å².